The van der Waals surface area contributed by atoms with Crippen LogP contribution < -0.4 is 10.6 Å². The first-order chi connectivity index (χ1) is 11.6. The summed E-state index contributed by atoms with van der Waals surface area (Å²) in [5, 5.41) is 12.8. The highest BCUT2D eigenvalue weighted by molar-refractivity contribution is 7.09. The minimum atomic E-state index is -0.505. The van der Waals surface area contributed by atoms with E-state index in [0.717, 1.165) is 11.4 Å². The zero-order chi connectivity index (χ0) is 17.0. The van der Waals surface area contributed by atoms with Gasteiger partial charge in [-0.2, -0.15) is 5.10 Å². The summed E-state index contributed by atoms with van der Waals surface area (Å²) < 4.78 is 1.61. The SMILES string of the molecule is CC[C@](C)(NC(=O)Nc1cnn(-c2ccccn2)c1)c1nccs1. The maximum Gasteiger partial charge on any atom is 0.320 e. The molecule has 0 saturated carbocycles. The monoisotopic (exact) mass is 342 g/mol. The second-order valence-corrected chi connectivity index (χ2v) is 6.36. The molecule has 3 aromatic heterocycles. The Kier molecular flexibility index (Phi) is 4.57. The Morgan fingerprint density at radius 3 is 2.88 bits per heavy atom. The fraction of sp³-hybridized carbons (Fsp3) is 0.250. The first-order valence-electron chi connectivity index (χ1n) is 7.56. The molecule has 0 radical (unpaired) electrons. The number of nitrogens with zero attached hydrogens (tertiary/aromatic N) is 4. The van der Waals surface area contributed by atoms with E-state index in [1.807, 2.05) is 37.4 Å². The van der Waals surface area contributed by atoms with Crippen LogP contribution in [-0.4, -0.2) is 25.8 Å². The third-order valence-corrected chi connectivity index (χ3v) is 4.76. The van der Waals surface area contributed by atoms with Gasteiger partial charge in [0.05, 0.1) is 23.6 Å². The van der Waals surface area contributed by atoms with Crippen LogP contribution in [-0.2, 0) is 5.54 Å². The molecule has 0 unspecified atom stereocenters. The lowest BCUT2D eigenvalue weighted by Gasteiger charge is -2.27. The molecule has 0 aliphatic rings. The summed E-state index contributed by atoms with van der Waals surface area (Å²) >= 11 is 1.53. The first kappa shape index (κ1) is 16.1. The number of thiazole rings is 1. The molecule has 3 heterocycles. The van der Waals surface area contributed by atoms with Crippen LogP contribution in [0.5, 0.6) is 0 Å². The van der Waals surface area contributed by atoms with Gasteiger partial charge >= 0.3 is 6.03 Å². The van der Waals surface area contributed by atoms with Gasteiger partial charge in [0.15, 0.2) is 5.82 Å². The van der Waals surface area contributed by atoms with Gasteiger partial charge in [-0.3, -0.25) is 0 Å². The van der Waals surface area contributed by atoms with Crippen LogP contribution in [0.15, 0.2) is 48.4 Å². The Bertz CT molecular complexity index is 801. The van der Waals surface area contributed by atoms with Crippen molar-refractivity contribution in [2.75, 3.05) is 5.32 Å². The van der Waals surface area contributed by atoms with E-state index in [9.17, 15) is 4.79 Å². The molecule has 0 fully saturated rings. The van der Waals surface area contributed by atoms with E-state index in [1.54, 1.807) is 29.5 Å². The third-order valence-electron chi connectivity index (χ3n) is 3.73. The van der Waals surface area contributed by atoms with E-state index >= 15 is 0 Å². The molecule has 0 aromatic carbocycles. The molecule has 7 nitrogen and oxygen atoms in total. The lowest BCUT2D eigenvalue weighted by atomic mass is 10.0. The Morgan fingerprint density at radius 2 is 2.21 bits per heavy atom. The van der Waals surface area contributed by atoms with Gasteiger partial charge in [-0.1, -0.05) is 13.0 Å². The van der Waals surface area contributed by atoms with Gasteiger partial charge in [-0.05, 0) is 25.5 Å². The zero-order valence-electron chi connectivity index (χ0n) is 13.4. The number of aromatic nitrogens is 4. The molecule has 2 N–H and O–H groups in total. The minimum absolute atomic E-state index is 0.296. The van der Waals surface area contributed by atoms with Gasteiger partial charge in [0, 0.05) is 17.8 Å². The number of hydrogen-bond acceptors (Lipinski definition) is 5. The molecule has 2 amide bonds. The van der Waals surface area contributed by atoms with E-state index in [0.29, 0.717) is 11.5 Å². The average molecular weight is 342 g/mol. The van der Waals surface area contributed by atoms with Gasteiger partial charge in [-0.15, -0.1) is 11.3 Å². The number of pyridine rings is 1. The fourth-order valence-corrected chi connectivity index (χ4v) is 3.03. The summed E-state index contributed by atoms with van der Waals surface area (Å²) in [5.74, 6) is 0.687. The van der Waals surface area contributed by atoms with Crippen LogP contribution in [0.2, 0.25) is 0 Å². The van der Waals surface area contributed by atoms with Crippen LogP contribution in [0.4, 0.5) is 10.5 Å². The van der Waals surface area contributed by atoms with Gasteiger partial charge < -0.3 is 10.6 Å². The topological polar surface area (TPSA) is 84.7 Å². The van der Waals surface area contributed by atoms with Crippen molar-refractivity contribution in [3.63, 3.8) is 0 Å². The predicted molar refractivity (Wildman–Crippen MR) is 93.3 cm³/mol. The number of nitrogens with one attached hydrogen (secondary N) is 2. The summed E-state index contributed by atoms with van der Waals surface area (Å²) in [6, 6.07) is 5.26. The maximum absolute atomic E-state index is 12.3. The van der Waals surface area contributed by atoms with Crippen molar-refractivity contribution in [3.8, 4) is 5.82 Å². The highest BCUT2D eigenvalue weighted by Crippen LogP contribution is 2.26. The molecule has 124 valence electrons. The van der Waals surface area contributed by atoms with Crippen molar-refractivity contribution in [1.29, 1.82) is 0 Å². The summed E-state index contributed by atoms with van der Waals surface area (Å²) in [6.07, 6.45) is 7.47. The van der Waals surface area contributed by atoms with Crippen LogP contribution in [0.1, 0.15) is 25.3 Å². The zero-order valence-corrected chi connectivity index (χ0v) is 14.2. The van der Waals surface area contributed by atoms with Crippen molar-refractivity contribution in [2.24, 2.45) is 0 Å². The molecule has 3 aromatic rings. The Balaban J connectivity index is 1.68. The largest absolute Gasteiger partial charge is 0.326 e. The molecule has 0 aliphatic heterocycles. The van der Waals surface area contributed by atoms with Gasteiger partial charge in [-0.25, -0.2) is 19.4 Å². The van der Waals surface area contributed by atoms with E-state index < -0.39 is 5.54 Å². The molecule has 24 heavy (non-hydrogen) atoms. The van der Waals surface area contributed by atoms with E-state index in [-0.39, 0.29) is 6.03 Å². The highest BCUT2D eigenvalue weighted by Gasteiger charge is 2.29. The number of urea groups is 1. The molecule has 1 atom stereocenters. The van der Waals surface area contributed by atoms with E-state index in [2.05, 4.69) is 25.7 Å². The summed E-state index contributed by atoms with van der Waals surface area (Å²) in [5.41, 5.74) is 0.0886. The number of amides is 2. The van der Waals surface area contributed by atoms with Gasteiger partial charge in [0.1, 0.15) is 5.01 Å². The molecular weight excluding hydrogens is 324 g/mol. The highest BCUT2D eigenvalue weighted by atomic mass is 32.1. The molecule has 3 rings (SSSR count). The normalized spacial score (nSPS) is 13.2. The van der Waals surface area contributed by atoms with Crippen LogP contribution in [0.25, 0.3) is 5.82 Å². The lowest BCUT2D eigenvalue weighted by Crippen LogP contribution is -2.45. The van der Waals surface area contributed by atoms with Gasteiger partial charge in [0.25, 0.3) is 0 Å². The molecule has 0 spiro atoms. The molecule has 0 aliphatic carbocycles. The quantitative estimate of drug-likeness (QED) is 0.746. The van der Waals surface area contributed by atoms with Crippen LogP contribution >= 0.6 is 11.3 Å². The smallest absolute Gasteiger partial charge is 0.320 e. The maximum atomic E-state index is 12.3. The minimum Gasteiger partial charge on any atom is -0.326 e. The van der Waals surface area contributed by atoms with Crippen LogP contribution in [0, 0.1) is 0 Å². The molecule has 0 saturated heterocycles. The second kappa shape index (κ2) is 6.79. The van der Waals surface area contributed by atoms with Crippen molar-refractivity contribution in [1.82, 2.24) is 25.1 Å². The Hall–Kier alpha value is -2.74. The third kappa shape index (κ3) is 3.43. The van der Waals surface area contributed by atoms with E-state index in [4.69, 9.17) is 0 Å². The summed E-state index contributed by atoms with van der Waals surface area (Å²) in [4.78, 5) is 20.9. The van der Waals surface area contributed by atoms with Crippen molar-refractivity contribution >= 4 is 23.1 Å². The predicted octanol–water partition coefficient (Wildman–Crippen LogP) is 3.17. The Morgan fingerprint density at radius 1 is 1.33 bits per heavy atom. The van der Waals surface area contributed by atoms with Crippen molar-refractivity contribution in [2.45, 2.75) is 25.8 Å². The average Bonchev–Trinajstić information content (AvgIpc) is 3.27. The standard InChI is InChI=1S/C16H18N6OS/c1-3-16(2,14-18-8-9-24-14)21-15(23)20-12-10-19-22(11-12)13-6-4-5-7-17-13/h4-11H,3H2,1-2H3,(H2,20,21,23)/t16-/m0/s1. The number of anilines is 1. The molecular formula is C16H18N6OS. The van der Waals surface area contributed by atoms with Crippen molar-refractivity contribution < 1.29 is 4.79 Å². The number of carbonyl (C=O) groups is 1. The molecule has 8 heteroatoms. The Labute approximate surface area is 143 Å². The summed E-state index contributed by atoms with van der Waals surface area (Å²) in [7, 11) is 0. The lowest BCUT2D eigenvalue weighted by molar-refractivity contribution is 0.238. The fourth-order valence-electron chi connectivity index (χ4n) is 2.20. The number of carbonyl (C=O) groups excluding carboxylic acids is 1. The number of hydrogen-bond donors (Lipinski definition) is 2. The van der Waals surface area contributed by atoms with Crippen molar-refractivity contribution in [3.05, 3.63) is 53.4 Å². The first-order valence-corrected chi connectivity index (χ1v) is 8.44. The van der Waals surface area contributed by atoms with Gasteiger partial charge in [0.2, 0.25) is 0 Å². The van der Waals surface area contributed by atoms with E-state index in [1.165, 1.54) is 11.3 Å². The molecule has 0 bridgehead atoms. The number of rotatable bonds is 5. The van der Waals surface area contributed by atoms with Crippen LogP contribution in [0.3, 0.4) is 0 Å². The second-order valence-electron chi connectivity index (χ2n) is 5.46. The summed E-state index contributed by atoms with van der Waals surface area (Å²) in [6.45, 7) is 3.98.